The Bertz CT molecular complexity index is 230. The first-order chi connectivity index (χ1) is 5.08. The predicted octanol–water partition coefficient (Wildman–Crippen LogP) is 2.37. The minimum atomic E-state index is -1.19. The zero-order valence-corrected chi connectivity index (χ0v) is 7.62. The topological polar surface area (TPSA) is 17.1 Å². The molecule has 1 nitrogen and oxygen atoms in total. The first kappa shape index (κ1) is 9.11. The van der Waals surface area contributed by atoms with Crippen LogP contribution in [0.1, 0.15) is 0 Å². The van der Waals surface area contributed by atoms with Gasteiger partial charge in [-0.1, -0.05) is 35.4 Å². The highest BCUT2D eigenvalue weighted by Crippen LogP contribution is 2.36. The second-order valence-corrected chi connectivity index (χ2v) is 4.00. The number of rotatable bonds is 1. The van der Waals surface area contributed by atoms with Gasteiger partial charge in [0.15, 0.2) is 4.33 Å². The SMILES string of the molecule is O=[C]C1=CC=CC(Cl)(Cl)C1Cl. The lowest BCUT2D eigenvalue weighted by atomic mass is 10.1. The third kappa shape index (κ3) is 1.78. The van der Waals surface area contributed by atoms with E-state index in [1.54, 1.807) is 12.4 Å². The normalized spacial score (nSPS) is 27.9. The van der Waals surface area contributed by atoms with E-state index in [0.29, 0.717) is 0 Å². The molecule has 1 rings (SSSR count). The maximum absolute atomic E-state index is 10.2. The molecule has 0 heterocycles. The highest BCUT2D eigenvalue weighted by atomic mass is 35.5. The van der Waals surface area contributed by atoms with Crippen molar-refractivity contribution in [2.45, 2.75) is 9.71 Å². The van der Waals surface area contributed by atoms with Crippen molar-refractivity contribution in [3.8, 4) is 0 Å². The van der Waals surface area contributed by atoms with E-state index in [-0.39, 0.29) is 5.57 Å². The van der Waals surface area contributed by atoms with Crippen LogP contribution in [-0.2, 0) is 4.79 Å². The van der Waals surface area contributed by atoms with Gasteiger partial charge >= 0.3 is 0 Å². The van der Waals surface area contributed by atoms with Crippen molar-refractivity contribution >= 4 is 41.1 Å². The zero-order valence-electron chi connectivity index (χ0n) is 5.35. The quantitative estimate of drug-likeness (QED) is 0.607. The molecule has 0 bridgehead atoms. The van der Waals surface area contributed by atoms with Gasteiger partial charge in [0, 0.05) is 5.57 Å². The zero-order chi connectivity index (χ0) is 8.48. The fourth-order valence-electron chi connectivity index (χ4n) is 0.742. The van der Waals surface area contributed by atoms with Crippen LogP contribution in [-0.4, -0.2) is 16.0 Å². The summed E-state index contributed by atoms with van der Waals surface area (Å²) in [7, 11) is 0. The van der Waals surface area contributed by atoms with Crippen molar-refractivity contribution in [3.05, 3.63) is 23.8 Å². The van der Waals surface area contributed by atoms with Crippen LogP contribution in [0.15, 0.2) is 23.8 Å². The minimum Gasteiger partial charge on any atom is -0.285 e. The Morgan fingerprint density at radius 3 is 2.64 bits per heavy atom. The van der Waals surface area contributed by atoms with E-state index in [4.69, 9.17) is 34.8 Å². The number of hydrogen-bond donors (Lipinski definition) is 0. The summed E-state index contributed by atoms with van der Waals surface area (Å²) < 4.78 is -1.19. The van der Waals surface area contributed by atoms with Gasteiger partial charge in [-0.25, -0.2) is 0 Å². The molecule has 1 aliphatic rings. The van der Waals surface area contributed by atoms with Gasteiger partial charge in [-0.3, -0.25) is 4.79 Å². The van der Waals surface area contributed by atoms with Gasteiger partial charge in [-0.15, -0.1) is 11.6 Å². The van der Waals surface area contributed by atoms with Gasteiger partial charge in [-0.05, 0) is 6.08 Å². The molecule has 0 saturated carbocycles. The molecule has 0 aliphatic heterocycles. The van der Waals surface area contributed by atoms with Crippen LogP contribution in [0.25, 0.3) is 0 Å². The standard InChI is InChI=1S/C7H4Cl3O/c8-6-5(4-11)2-1-3-7(6,9)10/h1-3,6H. The summed E-state index contributed by atoms with van der Waals surface area (Å²) in [5.41, 5.74) is 0.277. The Morgan fingerprint density at radius 1 is 1.55 bits per heavy atom. The second-order valence-electron chi connectivity index (χ2n) is 2.12. The fourth-order valence-corrected chi connectivity index (χ4v) is 1.31. The smallest absolute Gasteiger partial charge is 0.230 e. The van der Waals surface area contributed by atoms with Crippen LogP contribution < -0.4 is 0 Å². The molecule has 59 valence electrons. The molecular weight excluding hydrogens is 206 g/mol. The molecule has 0 N–H and O–H groups in total. The predicted molar refractivity (Wildman–Crippen MR) is 47.0 cm³/mol. The molecular formula is C7H4Cl3O. The second kappa shape index (κ2) is 3.18. The van der Waals surface area contributed by atoms with Crippen LogP contribution in [0, 0.1) is 0 Å². The number of allylic oxidation sites excluding steroid dienone is 4. The molecule has 4 heteroatoms. The van der Waals surface area contributed by atoms with Crippen LogP contribution in [0.3, 0.4) is 0 Å². The van der Waals surface area contributed by atoms with Gasteiger partial charge in [-0.2, -0.15) is 0 Å². The molecule has 0 amide bonds. The molecule has 0 saturated heterocycles. The number of hydrogen-bond acceptors (Lipinski definition) is 1. The largest absolute Gasteiger partial charge is 0.285 e. The van der Waals surface area contributed by atoms with Crippen LogP contribution in [0.5, 0.6) is 0 Å². The molecule has 0 fully saturated rings. The summed E-state index contributed by atoms with van der Waals surface area (Å²) in [6, 6.07) is 0. The lowest BCUT2D eigenvalue weighted by Crippen LogP contribution is -2.28. The van der Waals surface area contributed by atoms with Crippen LogP contribution in [0.2, 0.25) is 0 Å². The Morgan fingerprint density at radius 2 is 2.18 bits per heavy atom. The van der Waals surface area contributed by atoms with Crippen molar-refractivity contribution in [2.24, 2.45) is 0 Å². The maximum Gasteiger partial charge on any atom is 0.230 e. The molecule has 0 aromatic carbocycles. The van der Waals surface area contributed by atoms with Crippen LogP contribution in [0.4, 0.5) is 0 Å². The van der Waals surface area contributed by atoms with Crippen molar-refractivity contribution in [2.75, 3.05) is 0 Å². The molecule has 1 radical (unpaired) electrons. The summed E-state index contributed by atoms with van der Waals surface area (Å²) in [6.07, 6.45) is 6.31. The van der Waals surface area contributed by atoms with Crippen molar-refractivity contribution in [1.82, 2.24) is 0 Å². The molecule has 0 aromatic rings. The van der Waals surface area contributed by atoms with E-state index >= 15 is 0 Å². The molecule has 11 heavy (non-hydrogen) atoms. The van der Waals surface area contributed by atoms with Gasteiger partial charge in [0.1, 0.15) is 0 Å². The Hall–Kier alpha value is 0.0200. The van der Waals surface area contributed by atoms with Gasteiger partial charge < -0.3 is 0 Å². The number of alkyl halides is 3. The summed E-state index contributed by atoms with van der Waals surface area (Å²) in [5, 5.41) is -0.715. The van der Waals surface area contributed by atoms with E-state index in [9.17, 15) is 4.79 Å². The summed E-state index contributed by atoms with van der Waals surface area (Å²) >= 11 is 17.2. The molecule has 1 aliphatic carbocycles. The van der Waals surface area contributed by atoms with E-state index in [0.717, 1.165) is 0 Å². The van der Waals surface area contributed by atoms with Crippen molar-refractivity contribution in [1.29, 1.82) is 0 Å². The van der Waals surface area contributed by atoms with E-state index < -0.39 is 9.71 Å². The summed E-state index contributed by atoms with van der Waals surface area (Å²) in [6.45, 7) is 0. The average molecular weight is 210 g/mol. The minimum absolute atomic E-state index is 0.277. The number of halogens is 3. The molecule has 1 unspecified atom stereocenters. The first-order valence-corrected chi connectivity index (χ1v) is 4.06. The molecule has 1 atom stereocenters. The summed E-state index contributed by atoms with van der Waals surface area (Å²) in [4.78, 5) is 10.2. The number of carbonyl (C=O) groups excluding carboxylic acids is 1. The Balaban J connectivity index is 2.94. The van der Waals surface area contributed by atoms with Gasteiger partial charge in [0.2, 0.25) is 6.29 Å². The van der Waals surface area contributed by atoms with Gasteiger partial charge in [0.25, 0.3) is 0 Å². The highest BCUT2D eigenvalue weighted by Gasteiger charge is 2.35. The highest BCUT2D eigenvalue weighted by molar-refractivity contribution is 6.54. The van der Waals surface area contributed by atoms with E-state index in [2.05, 4.69) is 0 Å². The monoisotopic (exact) mass is 209 g/mol. The Labute approximate surface area is 79.6 Å². The van der Waals surface area contributed by atoms with E-state index in [1.165, 1.54) is 12.2 Å². The van der Waals surface area contributed by atoms with Crippen LogP contribution >= 0.6 is 34.8 Å². The average Bonchev–Trinajstić information content (AvgIpc) is 1.95. The van der Waals surface area contributed by atoms with Crippen molar-refractivity contribution < 1.29 is 4.79 Å². The Kier molecular flexibility index (Phi) is 2.63. The third-order valence-corrected chi connectivity index (χ3v) is 2.81. The lowest BCUT2D eigenvalue weighted by molar-refractivity contribution is 0.560. The van der Waals surface area contributed by atoms with Gasteiger partial charge in [0.05, 0.1) is 5.38 Å². The fraction of sp³-hybridized carbons (Fsp3) is 0.286. The lowest BCUT2D eigenvalue weighted by Gasteiger charge is -2.23. The third-order valence-electron chi connectivity index (χ3n) is 1.32. The molecule has 0 aromatic heterocycles. The molecule has 0 spiro atoms. The maximum atomic E-state index is 10.2. The van der Waals surface area contributed by atoms with E-state index in [1.807, 2.05) is 0 Å². The van der Waals surface area contributed by atoms with Crippen molar-refractivity contribution in [3.63, 3.8) is 0 Å². The summed E-state index contributed by atoms with van der Waals surface area (Å²) in [5.74, 6) is 0. The first-order valence-electron chi connectivity index (χ1n) is 2.87.